The van der Waals surface area contributed by atoms with Gasteiger partial charge in [-0.05, 0) is 61.4 Å². The predicted octanol–water partition coefficient (Wildman–Crippen LogP) is 4.29. The first-order chi connectivity index (χ1) is 12.8. The number of rotatable bonds is 4. The van der Waals surface area contributed by atoms with Crippen molar-refractivity contribution in [2.45, 2.75) is 31.9 Å². The van der Waals surface area contributed by atoms with E-state index in [1.54, 1.807) is 17.0 Å². The van der Waals surface area contributed by atoms with Crippen molar-refractivity contribution >= 4 is 5.91 Å². The molecule has 2 heterocycles. The number of nitrogens with zero attached hydrogens (tertiary/aromatic N) is 2. The molecule has 1 aromatic heterocycles. The van der Waals surface area contributed by atoms with Crippen molar-refractivity contribution in [3.05, 3.63) is 59.4 Å². The van der Waals surface area contributed by atoms with Crippen molar-refractivity contribution in [2.24, 2.45) is 5.92 Å². The molecular weight excluding hydrogens is 357 g/mol. The van der Waals surface area contributed by atoms with Crippen molar-refractivity contribution in [3.8, 4) is 5.75 Å². The number of likely N-dealkylation sites (tertiary alicyclic amines) is 1. The number of phenols is 1. The minimum Gasteiger partial charge on any atom is -0.508 e. The fourth-order valence-electron chi connectivity index (χ4n) is 3.33. The summed E-state index contributed by atoms with van der Waals surface area (Å²) in [7, 11) is 0. The molecule has 0 spiro atoms. The molecule has 1 saturated heterocycles. The Morgan fingerprint density at radius 2 is 1.78 bits per heavy atom. The standard InChI is InChI=1S/C20H21F3N2O2/c21-20(22,23)18-8-5-16(13-24-18)19(27)25-11-9-15(10-12-25)2-1-14-3-6-17(26)7-4-14/h3-8,13,15,26H,1-2,9-12H2. The maximum absolute atomic E-state index is 12.6. The van der Waals surface area contributed by atoms with Crippen LogP contribution in [0.5, 0.6) is 5.75 Å². The Kier molecular flexibility index (Phi) is 5.68. The van der Waals surface area contributed by atoms with Gasteiger partial charge in [-0.1, -0.05) is 12.1 Å². The number of pyridine rings is 1. The van der Waals surface area contributed by atoms with Crippen LogP contribution in [0.3, 0.4) is 0 Å². The first kappa shape index (κ1) is 19.2. The molecule has 1 fully saturated rings. The van der Waals surface area contributed by atoms with Crippen LogP contribution in [0.15, 0.2) is 42.6 Å². The smallest absolute Gasteiger partial charge is 0.433 e. The van der Waals surface area contributed by atoms with Gasteiger partial charge in [-0.25, -0.2) is 0 Å². The molecule has 4 nitrogen and oxygen atoms in total. The number of hydrogen-bond acceptors (Lipinski definition) is 3. The Labute approximate surface area is 155 Å². The Morgan fingerprint density at radius 1 is 1.11 bits per heavy atom. The second kappa shape index (κ2) is 7.98. The second-order valence-electron chi connectivity index (χ2n) is 6.87. The largest absolute Gasteiger partial charge is 0.508 e. The van der Waals surface area contributed by atoms with Crippen molar-refractivity contribution in [1.29, 1.82) is 0 Å². The molecule has 0 unspecified atom stereocenters. The summed E-state index contributed by atoms with van der Waals surface area (Å²) in [5, 5.41) is 9.31. The highest BCUT2D eigenvalue weighted by molar-refractivity contribution is 5.94. The monoisotopic (exact) mass is 378 g/mol. The van der Waals surface area contributed by atoms with Gasteiger partial charge in [-0.15, -0.1) is 0 Å². The van der Waals surface area contributed by atoms with E-state index in [1.165, 1.54) is 11.6 Å². The number of carbonyl (C=O) groups excluding carboxylic acids is 1. The molecule has 1 N–H and O–H groups in total. The number of aryl methyl sites for hydroxylation is 1. The maximum atomic E-state index is 12.6. The number of aromatic nitrogens is 1. The topological polar surface area (TPSA) is 53.4 Å². The van der Waals surface area contributed by atoms with Gasteiger partial charge in [-0.2, -0.15) is 13.2 Å². The maximum Gasteiger partial charge on any atom is 0.433 e. The fourth-order valence-corrected chi connectivity index (χ4v) is 3.33. The van der Waals surface area contributed by atoms with Gasteiger partial charge >= 0.3 is 6.18 Å². The van der Waals surface area contributed by atoms with Crippen molar-refractivity contribution in [2.75, 3.05) is 13.1 Å². The predicted molar refractivity (Wildman–Crippen MR) is 94.3 cm³/mol. The zero-order valence-electron chi connectivity index (χ0n) is 14.7. The van der Waals surface area contributed by atoms with Gasteiger partial charge in [0.15, 0.2) is 0 Å². The van der Waals surface area contributed by atoms with Crippen LogP contribution in [-0.2, 0) is 12.6 Å². The summed E-state index contributed by atoms with van der Waals surface area (Å²) < 4.78 is 37.7. The molecule has 3 rings (SSSR count). The second-order valence-corrected chi connectivity index (χ2v) is 6.87. The average molecular weight is 378 g/mol. The zero-order valence-corrected chi connectivity index (χ0v) is 14.7. The third-order valence-electron chi connectivity index (χ3n) is 4.98. The van der Waals surface area contributed by atoms with E-state index in [4.69, 9.17) is 0 Å². The van der Waals surface area contributed by atoms with E-state index >= 15 is 0 Å². The normalized spacial score (nSPS) is 15.7. The highest BCUT2D eigenvalue weighted by atomic mass is 19.4. The molecule has 27 heavy (non-hydrogen) atoms. The Balaban J connectivity index is 1.49. The number of hydrogen-bond donors (Lipinski definition) is 1. The SMILES string of the molecule is O=C(c1ccc(C(F)(F)F)nc1)N1CCC(CCc2ccc(O)cc2)CC1. The summed E-state index contributed by atoms with van der Waals surface area (Å²) in [6.45, 7) is 1.19. The molecule has 1 amide bonds. The molecule has 1 aliphatic rings. The molecule has 0 atom stereocenters. The lowest BCUT2D eigenvalue weighted by Gasteiger charge is -2.32. The van der Waals surface area contributed by atoms with Crippen LogP contribution in [0.4, 0.5) is 13.2 Å². The number of benzene rings is 1. The highest BCUT2D eigenvalue weighted by Gasteiger charge is 2.32. The number of amides is 1. The summed E-state index contributed by atoms with van der Waals surface area (Å²) in [5.41, 5.74) is 0.361. The average Bonchev–Trinajstić information content (AvgIpc) is 2.67. The Hall–Kier alpha value is -2.57. The first-order valence-corrected chi connectivity index (χ1v) is 8.93. The first-order valence-electron chi connectivity index (χ1n) is 8.93. The molecule has 1 aliphatic heterocycles. The van der Waals surface area contributed by atoms with Crippen LogP contribution in [-0.4, -0.2) is 34.0 Å². The number of alkyl halides is 3. The molecule has 0 saturated carbocycles. The fraction of sp³-hybridized carbons (Fsp3) is 0.400. The minimum absolute atomic E-state index is 0.186. The molecule has 0 aliphatic carbocycles. The molecular formula is C20H21F3N2O2. The van der Waals surface area contributed by atoms with E-state index in [0.29, 0.717) is 19.0 Å². The van der Waals surface area contributed by atoms with E-state index in [0.717, 1.165) is 37.9 Å². The number of aromatic hydroxyl groups is 1. The lowest BCUT2D eigenvalue weighted by atomic mass is 9.90. The van der Waals surface area contributed by atoms with Gasteiger partial charge in [0.25, 0.3) is 5.91 Å². The summed E-state index contributed by atoms with van der Waals surface area (Å²) in [5.74, 6) is 0.491. The molecule has 1 aromatic carbocycles. The summed E-state index contributed by atoms with van der Waals surface area (Å²) in [6, 6.07) is 9.20. The van der Waals surface area contributed by atoms with Crippen LogP contribution in [0.1, 0.15) is 40.9 Å². The zero-order chi connectivity index (χ0) is 19.4. The molecule has 0 bridgehead atoms. The number of halogens is 3. The van der Waals surface area contributed by atoms with Crippen LogP contribution in [0, 0.1) is 5.92 Å². The van der Waals surface area contributed by atoms with E-state index in [-0.39, 0.29) is 17.2 Å². The van der Waals surface area contributed by atoms with Crippen LogP contribution in [0.2, 0.25) is 0 Å². The van der Waals surface area contributed by atoms with Gasteiger partial charge in [0.1, 0.15) is 11.4 Å². The van der Waals surface area contributed by atoms with E-state index in [9.17, 15) is 23.1 Å². The van der Waals surface area contributed by atoms with E-state index < -0.39 is 11.9 Å². The number of phenolic OH excluding ortho intramolecular Hbond substituents is 1. The molecule has 0 radical (unpaired) electrons. The summed E-state index contributed by atoms with van der Waals surface area (Å²) in [6.07, 6.45) is 0.172. The van der Waals surface area contributed by atoms with Crippen LogP contribution < -0.4 is 0 Å². The van der Waals surface area contributed by atoms with Gasteiger partial charge in [0, 0.05) is 19.3 Å². The summed E-state index contributed by atoms with van der Waals surface area (Å²) >= 11 is 0. The molecule has 2 aromatic rings. The van der Waals surface area contributed by atoms with E-state index in [1.807, 2.05) is 12.1 Å². The minimum atomic E-state index is -4.50. The third-order valence-corrected chi connectivity index (χ3v) is 4.98. The van der Waals surface area contributed by atoms with E-state index in [2.05, 4.69) is 4.98 Å². The highest BCUT2D eigenvalue weighted by Crippen LogP contribution is 2.28. The van der Waals surface area contributed by atoms with Gasteiger partial charge in [0.05, 0.1) is 5.56 Å². The summed E-state index contributed by atoms with van der Waals surface area (Å²) in [4.78, 5) is 17.5. The lowest BCUT2D eigenvalue weighted by molar-refractivity contribution is -0.141. The van der Waals surface area contributed by atoms with Crippen molar-refractivity contribution in [1.82, 2.24) is 9.88 Å². The molecule has 7 heteroatoms. The van der Waals surface area contributed by atoms with Gasteiger partial charge < -0.3 is 10.0 Å². The lowest BCUT2D eigenvalue weighted by Crippen LogP contribution is -2.38. The van der Waals surface area contributed by atoms with Crippen LogP contribution in [0.25, 0.3) is 0 Å². The van der Waals surface area contributed by atoms with Gasteiger partial charge in [-0.3, -0.25) is 9.78 Å². The van der Waals surface area contributed by atoms with Gasteiger partial charge in [0.2, 0.25) is 0 Å². The van der Waals surface area contributed by atoms with Crippen LogP contribution >= 0.6 is 0 Å². The number of piperidine rings is 1. The molecule has 144 valence electrons. The Bertz CT molecular complexity index is 765. The van der Waals surface area contributed by atoms with Crippen molar-refractivity contribution in [3.63, 3.8) is 0 Å². The number of carbonyl (C=O) groups is 1. The third kappa shape index (κ3) is 4.99. The Morgan fingerprint density at radius 3 is 2.33 bits per heavy atom. The van der Waals surface area contributed by atoms with Crippen molar-refractivity contribution < 1.29 is 23.1 Å². The quantitative estimate of drug-likeness (QED) is 0.864.